The molecule has 0 aliphatic carbocycles. The van der Waals surface area contributed by atoms with E-state index in [-0.39, 0.29) is 39.1 Å². The quantitative estimate of drug-likeness (QED) is 0.375. The summed E-state index contributed by atoms with van der Waals surface area (Å²) in [7, 11) is 1.78. The van der Waals surface area contributed by atoms with Crippen LogP contribution in [-0.4, -0.2) is 50.2 Å². The molecule has 0 bridgehead atoms. The number of pyridine rings is 1. The third-order valence-corrected chi connectivity index (χ3v) is 6.05. The number of aromatic nitrogens is 5. The van der Waals surface area contributed by atoms with E-state index in [9.17, 15) is 22.4 Å². The SMILES string of the molecule is Cn1cc([C@H]2CN(c3cc4c(=O)n(CC(F)(F)F)cnc4c(-c4ccc(Cl)cc4F)n3)CCO2)cn1. The summed E-state index contributed by atoms with van der Waals surface area (Å²) in [4.78, 5) is 23.6. The zero-order valence-electron chi connectivity index (χ0n) is 18.8. The molecule has 1 aromatic carbocycles. The third kappa shape index (κ3) is 4.78. The van der Waals surface area contributed by atoms with E-state index >= 15 is 0 Å². The van der Waals surface area contributed by atoms with Crippen molar-refractivity contribution in [1.29, 1.82) is 0 Å². The lowest BCUT2D eigenvalue weighted by atomic mass is 10.1. The van der Waals surface area contributed by atoms with Crippen LogP contribution in [0.15, 0.2) is 47.8 Å². The summed E-state index contributed by atoms with van der Waals surface area (Å²) in [6.45, 7) is -0.439. The lowest BCUT2D eigenvalue weighted by molar-refractivity contribution is -0.141. The van der Waals surface area contributed by atoms with Gasteiger partial charge in [-0.3, -0.25) is 14.0 Å². The fourth-order valence-corrected chi connectivity index (χ4v) is 4.31. The van der Waals surface area contributed by atoms with Crippen LogP contribution in [0.25, 0.3) is 22.2 Å². The van der Waals surface area contributed by atoms with Gasteiger partial charge in [0.15, 0.2) is 0 Å². The van der Waals surface area contributed by atoms with Gasteiger partial charge >= 0.3 is 6.18 Å². The minimum atomic E-state index is -4.62. The molecule has 36 heavy (non-hydrogen) atoms. The van der Waals surface area contributed by atoms with Crippen molar-refractivity contribution in [2.45, 2.75) is 18.8 Å². The predicted octanol–water partition coefficient (Wildman–Crippen LogP) is 4.12. The number of halogens is 5. The molecule has 1 atom stereocenters. The van der Waals surface area contributed by atoms with Crippen LogP contribution in [0.5, 0.6) is 0 Å². The monoisotopic (exact) mass is 522 g/mol. The molecular weight excluding hydrogens is 504 g/mol. The molecule has 4 aromatic rings. The second-order valence-electron chi connectivity index (χ2n) is 8.39. The van der Waals surface area contributed by atoms with Crippen molar-refractivity contribution in [1.82, 2.24) is 24.3 Å². The number of aryl methyl sites for hydroxylation is 1. The van der Waals surface area contributed by atoms with Crippen LogP contribution < -0.4 is 10.5 Å². The smallest absolute Gasteiger partial charge is 0.370 e. The molecule has 0 amide bonds. The van der Waals surface area contributed by atoms with E-state index in [1.807, 2.05) is 11.1 Å². The Hall–Kier alpha value is -3.51. The van der Waals surface area contributed by atoms with Crippen LogP contribution in [0.1, 0.15) is 11.7 Å². The maximum Gasteiger partial charge on any atom is 0.406 e. The van der Waals surface area contributed by atoms with E-state index in [4.69, 9.17) is 16.3 Å². The number of hydrogen-bond donors (Lipinski definition) is 0. The topological polar surface area (TPSA) is 78.1 Å². The Kier molecular flexibility index (Phi) is 6.17. The molecule has 4 heterocycles. The van der Waals surface area contributed by atoms with Gasteiger partial charge in [0, 0.05) is 42.5 Å². The second kappa shape index (κ2) is 9.17. The van der Waals surface area contributed by atoms with Gasteiger partial charge in [-0.1, -0.05) is 11.6 Å². The number of nitrogens with zero attached hydrogens (tertiary/aromatic N) is 6. The zero-order valence-corrected chi connectivity index (χ0v) is 19.6. The van der Waals surface area contributed by atoms with Crippen LogP contribution >= 0.6 is 11.6 Å². The molecule has 0 N–H and O–H groups in total. The molecule has 8 nitrogen and oxygen atoms in total. The zero-order chi connectivity index (χ0) is 25.6. The van der Waals surface area contributed by atoms with Gasteiger partial charge in [0.1, 0.15) is 35.5 Å². The van der Waals surface area contributed by atoms with Crippen molar-refractivity contribution in [3.05, 3.63) is 69.7 Å². The second-order valence-corrected chi connectivity index (χ2v) is 8.83. The number of hydrogen-bond acceptors (Lipinski definition) is 6. The van der Waals surface area contributed by atoms with Crippen molar-refractivity contribution < 1.29 is 22.3 Å². The Balaban J connectivity index is 1.66. The molecule has 1 aliphatic heterocycles. The summed E-state index contributed by atoms with van der Waals surface area (Å²) in [6.07, 6.45) is -0.686. The Labute approximate surface area is 206 Å². The molecule has 3 aromatic heterocycles. The van der Waals surface area contributed by atoms with Crippen LogP contribution in [0.4, 0.5) is 23.4 Å². The van der Waals surface area contributed by atoms with Gasteiger partial charge < -0.3 is 9.64 Å². The van der Waals surface area contributed by atoms with Gasteiger partial charge in [-0.25, -0.2) is 14.4 Å². The van der Waals surface area contributed by atoms with Crippen LogP contribution in [0, 0.1) is 5.82 Å². The van der Waals surface area contributed by atoms with Gasteiger partial charge in [-0.2, -0.15) is 18.3 Å². The average Bonchev–Trinajstić information content (AvgIpc) is 3.26. The fraction of sp³-hybridized carbons (Fsp3) is 0.304. The van der Waals surface area contributed by atoms with Crippen molar-refractivity contribution in [3.63, 3.8) is 0 Å². The first-order valence-corrected chi connectivity index (χ1v) is 11.2. The highest BCUT2D eigenvalue weighted by molar-refractivity contribution is 6.30. The van der Waals surface area contributed by atoms with Gasteiger partial charge in [0.2, 0.25) is 0 Å². The first-order chi connectivity index (χ1) is 17.1. The minimum absolute atomic E-state index is 0.0135. The fourth-order valence-electron chi connectivity index (χ4n) is 4.16. The molecule has 0 unspecified atom stereocenters. The molecule has 1 fully saturated rings. The Morgan fingerprint density at radius 1 is 1.25 bits per heavy atom. The Bertz CT molecular complexity index is 1500. The molecular formula is C23H19ClF4N6O2. The van der Waals surface area contributed by atoms with Gasteiger partial charge in [0.25, 0.3) is 5.56 Å². The highest BCUT2D eigenvalue weighted by Gasteiger charge is 2.30. The van der Waals surface area contributed by atoms with E-state index in [1.54, 1.807) is 17.9 Å². The number of morpholine rings is 1. The van der Waals surface area contributed by atoms with Crippen LogP contribution in [0.2, 0.25) is 5.02 Å². The lowest BCUT2D eigenvalue weighted by Gasteiger charge is -2.33. The molecule has 0 spiro atoms. The molecule has 1 aliphatic rings. The van der Waals surface area contributed by atoms with Gasteiger partial charge in [-0.15, -0.1) is 0 Å². The maximum atomic E-state index is 14.9. The standard InChI is InChI=1S/C23H19ClF4N6O2/c1-32-9-13(8-30-32)18-10-33(4-5-36-18)19-7-16-20(29-12-34(22(16)35)11-23(26,27)28)21(31-19)15-3-2-14(24)6-17(15)25/h2-3,6-9,12,18H,4-5,10-11H2,1H3/t18-/m1/s1. The van der Waals surface area contributed by atoms with Crippen LogP contribution in [0.3, 0.4) is 0 Å². The lowest BCUT2D eigenvalue weighted by Crippen LogP contribution is -2.39. The van der Waals surface area contributed by atoms with Crippen molar-refractivity contribution in [2.24, 2.45) is 7.05 Å². The molecule has 0 radical (unpaired) electrons. The summed E-state index contributed by atoms with van der Waals surface area (Å²) in [5, 5.41) is 4.20. The van der Waals surface area contributed by atoms with E-state index in [1.165, 1.54) is 18.2 Å². The summed E-state index contributed by atoms with van der Waals surface area (Å²) in [6, 6.07) is 5.33. The van der Waals surface area contributed by atoms with Crippen molar-refractivity contribution >= 4 is 28.3 Å². The molecule has 5 rings (SSSR count). The number of rotatable bonds is 4. The van der Waals surface area contributed by atoms with E-state index in [0.717, 1.165) is 18.0 Å². The van der Waals surface area contributed by atoms with E-state index in [2.05, 4.69) is 15.1 Å². The molecule has 1 saturated heterocycles. The normalized spacial score (nSPS) is 16.6. The number of ether oxygens (including phenoxy) is 1. The predicted molar refractivity (Wildman–Crippen MR) is 124 cm³/mol. The Morgan fingerprint density at radius 3 is 2.75 bits per heavy atom. The van der Waals surface area contributed by atoms with E-state index in [0.29, 0.717) is 24.3 Å². The van der Waals surface area contributed by atoms with E-state index < -0.39 is 24.1 Å². The highest BCUT2D eigenvalue weighted by atomic mass is 35.5. The third-order valence-electron chi connectivity index (χ3n) is 5.82. The van der Waals surface area contributed by atoms with Gasteiger partial charge in [-0.05, 0) is 24.3 Å². The minimum Gasteiger partial charge on any atom is -0.370 e. The maximum absolute atomic E-state index is 14.9. The summed E-state index contributed by atoms with van der Waals surface area (Å²) in [5.74, 6) is -0.419. The van der Waals surface area contributed by atoms with Crippen LogP contribution in [-0.2, 0) is 18.3 Å². The molecule has 188 valence electrons. The molecule has 13 heteroatoms. The summed E-state index contributed by atoms with van der Waals surface area (Å²) < 4.78 is 62.0. The first kappa shape index (κ1) is 24.2. The molecule has 0 saturated carbocycles. The first-order valence-electron chi connectivity index (χ1n) is 10.9. The van der Waals surface area contributed by atoms with Gasteiger partial charge in [0.05, 0.1) is 24.5 Å². The average molecular weight is 523 g/mol. The number of alkyl halides is 3. The summed E-state index contributed by atoms with van der Waals surface area (Å²) in [5.41, 5.74) is -0.0450. The Morgan fingerprint density at radius 2 is 2.06 bits per heavy atom. The number of fused-ring (bicyclic) bond motifs is 1. The highest BCUT2D eigenvalue weighted by Crippen LogP contribution is 2.33. The number of benzene rings is 1. The van der Waals surface area contributed by atoms with Crippen molar-refractivity contribution in [2.75, 3.05) is 24.6 Å². The summed E-state index contributed by atoms with van der Waals surface area (Å²) >= 11 is 5.89. The van der Waals surface area contributed by atoms with Crippen molar-refractivity contribution in [3.8, 4) is 11.3 Å². The number of anilines is 1. The largest absolute Gasteiger partial charge is 0.406 e.